The number of hydrogen-bond acceptors (Lipinski definition) is 3. The summed E-state index contributed by atoms with van der Waals surface area (Å²) in [6, 6.07) is 8.95. The van der Waals surface area contributed by atoms with Crippen LogP contribution in [0.25, 0.3) is 10.9 Å². The summed E-state index contributed by atoms with van der Waals surface area (Å²) >= 11 is 0. The van der Waals surface area contributed by atoms with Gasteiger partial charge in [-0.25, -0.2) is 0 Å². The highest BCUT2D eigenvalue weighted by Crippen LogP contribution is 2.43. The van der Waals surface area contributed by atoms with E-state index >= 15 is 0 Å². The summed E-state index contributed by atoms with van der Waals surface area (Å²) in [5, 5.41) is 11.8. The number of nitrogens with one attached hydrogen (secondary N) is 2. The van der Waals surface area contributed by atoms with Crippen molar-refractivity contribution in [2.75, 3.05) is 20.2 Å². The van der Waals surface area contributed by atoms with Crippen LogP contribution in [-0.2, 0) is 16.0 Å². The Balaban J connectivity index is 1.52. The minimum absolute atomic E-state index is 0.220. The van der Waals surface area contributed by atoms with Crippen LogP contribution >= 0.6 is 0 Å². The Morgan fingerprint density at radius 3 is 3.00 bits per heavy atom. The third-order valence-corrected chi connectivity index (χ3v) is 7.20. The SMILES string of the molecule is COC(=O)[C@@H]1[C@@H]2CC3c4[nH]c5ccccc5c4CC[NH+]3C[C@@H]2CC[C@H]1O. The van der Waals surface area contributed by atoms with Gasteiger partial charge < -0.3 is 19.7 Å². The van der Waals surface area contributed by atoms with E-state index < -0.39 is 6.10 Å². The molecule has 3 aliphatic rings. The lowest BCUT2D eigenvalue weighted by Crippen LogP contribution is -3.15. The molecule has 3 N–H and O–H groups in total. The van der Waals surface area contributed by atoms with Gasteiger partial charge in [0.1, 0.15) is 6.04 Å². The molecule has 26 heavy (non-hydrogen) atoms. The number of rotatable bonds is 1. The van der Waals surface area contributed by atoms with E-state index in [9.17, 15) is 9.90 Å². The molecule has 3 heterocycles. The predicted molar refractivity (Wildman–Crippen MR) is 97.8 cm³/mol. The molecule has 2 unspecified atom stereocenters. The van der Waals surface area contributed by atoms with Gasteiger partial charge in [0, 0.05) is 29.7 Å². The van der Waals surface area contributed by atoms with Crippen molar-refractivity contribution in [2.45, 2.75) is 37.8 Å². The minimum atomic E-state index is -0.559. The van der Waals surface area contributed by atoms with Crippen LogP contribution in [0.5, 0.6) is 0 Å². The summed E-state index contributed by atoms with van der Waals surface area (Å²) in [6.45, 7) is 2.26. The van der Waals surface area contributed by atoms with Gasteiger partial charge >= 0.3 is 5.97 Å². The first kappa shape index (κ1) is 16.3. The number of hydrogen-bond donors (Lipinski definition) is 3. The third-order valence-electron chi connectivity index (χ3n) is 7.20. The maximum Gasteiger partial charge on any atom is 0.311 e. The first-order chi connectivity index (χ1) is 12.7. The molecule has 1 saturated carbocycles. The number of aromatic nitrogens is 1. The Morgan fingerprint density at radius 2 is 2.15 bits per heavy atom. The summed E-state index contributed by atoms with van der Waals surface area (Å²) in [5.74, 6) is 0.135. The van der Waals surface area contributed by atoms with Crippen molar-refractivity contribution in [3.05, 3.63) is 35.5 Å². The zero-order valence-electron chi connectivity index (χ0n) is 15.2. The number of ether oxygens (including phenoxy) is 1. The van der Waals surface area contributed by atoms with Gasteiger partial charge in [0.05, 0.1) is 37.9 Å². The number of benzene rings is 1. The summed E-state index contributed by atoms with van der Waals surface area (Å²) < 4.78 is 5.05. The first-order valence-electron chi connectivity index (χ1n) is 9.87. The highest BCUT2D eigenvalue weighted by Gasteiger charge is 2.51. The number of fused-ring (bicyclic) bond motifs is 6. The number of aliphatic hydroxyl groups excluding tert-OH is 1. The van der Waals surface area contributed by atoms with Gasteiger partial charge in [0.25, 0.3) is 0 Å². The molecule has 1 aromatic heterocycles. The van der Waals surface area contributed by atoms with Crippen LogP contribution in [0.3, 0.4) is 0 Å². The van der Waals surface area contributed by atoms with E-state index in [0.717, 1.165) is 38.8 Å². The van der Waals surface area contributed by atoms with Crippen molar-refractivity contribution >= 4 is 16.9 Å². The molecule has 5 nitrogen and oxygen atoms in total. The second-order valence-corrected chi connectivity index (χ2v) is 8.33. The zero-order valence-corrected chi connectivity index (χ0v) is 15.2. The number of aromatic amines is 1. The maximum atomic E-state index is 12.4. The Morgan fingerprint density at radius 1 is 1.31 bits per heavy atom. The molecule has 6 atom stereocenters. The van der Waals surface area contributed by atoms with E-state index in [1.807, 2.05) is 0 Å². The molecular formula is C21H27N2O3+. The number of quaternary nitrogens is 1. The van der Waals surface area contributed by atoms with Crippen LogP contribution in [-0.4, -0.2) is 42.4 Å². The molecule has 1 saturated heterocycles. The molecule has 0 bridgehead atoms. The number of piperidine rings is 1. The first-order valence-corrected chi connectivity index (χ1v) is 9.87. The minimum Gasteiger partial charge on any atom is -0.469 e. The van der Waals surface area contributed by atoms with E-state index in [1.54, 1.807) is 4.90 Å². The second-order valence-electron chi connectivity index (χ2n) is 8.33. The van der Waals surface area contributed by atoms with Crippen LogP contribution in [0.4, 0.5) is 0 Å². The van der Waals surface area contributed by atoms with Crippen molar-refractivity contribution in [2.24, 2.45) is 17.8 Å². The van der Waals surface area contributed by atoms with E-state index in [4.69, 9.17) is 4.74 Å². The lowest BCUT2D eigenvalue weighted by Gasteiger charge is -2.48. The zero-order chi connectivity index (χ0) is 17.8. The summed E-state index contributed by atoms with van der Waals surface area (Å²) in [6.07, 6.45) is 3.25. The second kappa shape index (κ2) is 6.10. The van der Waals surface area contributed by atoms with Crippen molar-refractivity contribution in [1.29, 1.82) is 0 Å². The molecule has 1 aliphatic carbocycles. The monoisotopic (exact) mass is 355 g/mol. The molecule has 0 spiro atoms. The number of H-pyrrole nitrogens is 1. The fourth-order valence-electron chi connectivity index (χ4n) is 6.01. The molecule has 5 heteroatoms. The van der Waals surface area contributed by atoms with Crippen molar-refractivity contribution < 1.29 is 19.5 Å². The van der Waals surface area contributed by atoms with Crippen LogP contribution in [0.15, 0.2) is 24.3 Å². The molecular weight excluding hydrogens is 328 g/mol. The van der Waals surface area contributed by atoms with Gasteiger partial charge in [-0.3, -0.25) is 4.79 Å². The normalized spacial score (nSPS) is 36.1. The van der Waals surface area contributed by atoms with Gasteiger partial charge in [0.2, 0.25) is 0 Å². The number of para-hydroxylation sites is 1. The van der Waals surface area contributed by atoms with Crippen LogP contribution < -0.4 is 4.90 Å². The molecule has 5 rings (SSSR count). The summed E-state index contributed by atoms with van der Waals surface area (Å²) in [7, 11) is 1.44. The lowest BCUT2D eigenvalue weighted by atomic mass is 9.65. The van der Waals surface area contributed by atoms with Gasteiger partial charge in [0.15, 0.2) is 0 Å². The van der Waals surface area contributed by atoms with E-state index in [-0.39, 0.29) is 17.8 Å². The number of methoxy groups -OCH3 is 1. The molecule has 2 aromatic rings. The average Bonchev–Trinajstić information content (AvgIpc) is 3.05. The molecule has 1 aromatic carbocycles. The quantitative estimate of drug-likeness (QED) is 0.674. The van der Waals surface area contributed by atoms with E-state index in [1.165, 1.54) is 29.3 Å². The van der Waals surface area contributed by atoms with E-state index in [0.29, 0.717) is 12.0 Å². The van der Waals surface area contributed by atoms with Gasteiger partial charge in [-0.1, -0.05) is 18.2 Å². The van der Waals surface area contributed by atoms with Gasteiger partial charge in [-0.2, -0.15) is 0 Å². The fraction of sp³-hybridized carbons (Fsp3) is 0.571. The number of carbonyl (C=O) groups is 1. The molecule has 0 radical (unpaired) electrons. The molecule has 2 aliphatic heterocycles. The van der Waals surface area contributed by atoms with Crippen LogP contribution in [0, 0.1) is 17.8 Å². The number of aliphatic hydroxyl groups is 1. The summed E-state index contributed by atoms with van der Waals surface area (Å²) in [5.41, 5.74) is 4.03. The fourth-order valence-corrected chi connectivity index (χ4v) is 6.01. The Kier molecular flexibility index (Phi) is 3.83. The molecule has 138 valence electrons. The van der Waals surface area contributed by atoms with Gasteiger partial charge in [-0.15, -0.1) is 0 Å². The largest absolute Gasteiger partial charge is 0.469 e. The standard InChI is InChI=1S/C21H26N2O3/c1-26-21(25)19-15-10-17-20-14(13-4-2-3-5-16(13)22-20)8-9-23(17)11-12(15)6-7-18(19)24/h2-5,12,15,17-19,22,24H,6-11H2,1H3/p+1/t12-,15+,17?,18+,19+/m0/s1. The number of carbonyl (C=O) groups excluding carboxylic acids is 1. The Bertz CT molecular complexity index is 845. The highest BCUT2D eigenvalue weighted by atomic mass is 16.5. The number of esters is 1. The van der Waals surface area contributed by atoms with Crippen LogP contribution in [0.2, 0.25) is 0 Å². The average molecular weight is 355 g/mol. The van der Waals surface area contributed by atoms with Crippen molar-refractivity contribution in [3.8, 4) is 0 Å². The predicted octanol–water partition coefficient (Wildman–Crippen LogP) is 1.23. The summed E-state index contributed by atoms with van der Waals surface area (Å²) in [4.78, 5) is 17.7. The molecule has 0 amide bonds. The van der Waals surface area contributed by atoms with Gasteiger partial charge in [-0.05, 0) is 30.4 Å². The lowest BCUT2D eigenvalue weighted by molar-refractivity contribution is -0.945. The van der Waals surface area contributed by atoms with Crippen LogP contribution in [0.1, 0.15) is 36.6 Å². The smallest absolute Gasteiger partial charge is 0.311 e. The van der Waals surface area contributed by atoms with E-state index in [2.05, 4.69) is 29.2 Å². The topological polar surface area (TPSA) is 66.8 Å². The Hall–Kier alpha value is -1.85. The Labute approximate surface area is 153 Å². The highest BCUT2D eigenvalue weighted by molar-refractivity contribution is 5.85. The third kappa shape index (κ3) is 2.33. The van der Waals surface area contributed by atoms with Crippen molar-refractivity contribution in [1.82, 2.24) is 4.98 Å². The molecule has 2 fully saturated rings. The van der Waals surface area contributed by atoms with Crippen molar-refractivity contribution in [3.63, 3.8) is 0 Å². The maximum absolute atomic E-state index is 12.4.